The fourth-order valence-electron chi connectivity index (χ4n) is 1.88. The van der Waals surface area contributed by atoms with Crippen LogP contribution in [0.25, 0.3) is 11.1 Å². The molecule has 0 fully saturated rings. The molecule has 2 heteroatoms. The van der Waals surface area contributed by atoms with Crippen LogP contribution in [0.1, 0.15) is 15.9 Å². The van der Waals surface area contributed by atoms with Gasteiger partial charge in [0, 0.05) is 11.1 Å². The van der Waals surface area contributed by atoms with E-state index in [-0.39, 0.29) is 0 Å². The second kappa shape index (κ2) is 4.83. The van der Waals surface area contributed by atoms with Crippen molar-refractivity contribution in [2.75, 3.05) is 7.11 Å². The first-order chi connectivity index (χ1) is 8.26. The molecule has 0 amide bonds. The van der Waals surface area contributed by atoms with Crippen LogP contribution in [0.15, 0.2) is 42.5 Å². The largest absolute Gasteiger partial charge is 0.496 e. The standard InChI is InChI=1S/C15H14O2/c1-11-5-3-4-6-13(11)14-9-12(10-16)7-8-15(14)17-2/h3-10H,1-2H3. The van der Waals surface area contributed by atoms with Crippen molar-refractivity contribution in [2.45, 2.75) is 6.92 Å². The van der Waals surface area contributed by atoms with Crippen LogP contribution in [-0.2, 0) is 0 Å². The Bertz CT molecular complexity index is 544. The monoisotopic (exact) mass is 226 g/mol. The minimum atomic E-state index is 0.657. The maximum Gasteiger partial charge on any atom is 0.150 e. The Kier molecular flexibility index (Phi) is 3.24. The van der Waals surface area contributed by atoms with E-state index in [9.17, 15) is 4.79 Å². The van der Waals surface area contributed by atoms with Crippen molar-refractivity contribution in [2.24, 2.45) is 0 Å². The lowest BCUT2D eigenvalue weighted by Crippen LogP contribution is -1.91. The molecule has 0 radical (unpaired) electrons. The van der Waals surface area contributed by atoms with E-state index in [1.54, 1.807) is 13.2 Å². The Hall–Kier alpha value is -2.09. The molecule has 0 N–H and O–H groups in total. The fourth-order valence-corrected chi connectivity index (χ4v) is 1.88. The number of benzene rings is 2. The number of hydrogen-bond donors (Lipinski definition) is 0. The number of aldehydes is 1. The average Bonchev–Trinajstić information content (AvgIpc) is 2.38. The van der Waals surface area contributed by atoms with E-state index in [1.807, 2.05) is 43.3 Å². The van der Waals surface area contributed by atoms with Gasteiger partial charge in [-0.1, -0.05) is 24.3 Å². The predicted molar refractivity (Wildman–Crippen MR) is 68.6 cm³/mol. The van der Waals surface area contributed by atoms with E-state index in [1.165, 1.54) is 0 Å². The fraction of sp³-hybridized carbons (Fsp3) is 0.133. The average molecular weight is 226 g/mol. The van der Waals surface area contributed by atoms with Gasteiger partial charge in [0.25, 0.3) is 0 Å². The number of ether oxygens (including phenoxy) is 1. The molecule has 2 aromatic rings. The number of hydrogen-bond acceptors (Lipinski definition) is 2. The van der Waals surface area contributed by atoms with Gasteiger partial charge in [-0.15, -0.1) is 0 Å². The summed E-state index contributed by atoms with van der Waals surface area (Å²) in [6, 6.07) is 13.5. The van der Waals surface area contributed by atoms with Crippen LogP contribution < -0.4 is 4.74 Å². The van der Waals surface area contributed by atoms with E-state index in [4.69, 9.17) is 4.74 Å². The normalized spacial score (nSPS) is 10.0. The zero-order valence-electron chi connectivity index (χ0n) is 9.94. The zero-order valence-corrected chi connectivity index (χ0v) is 9.94. The van der Waals surface area contributed by atoms with Crippen molar-refractivity contribution < 1.29 is 9.53 Å². The summed E-state index contributed by atoms with van der Waals surface area (Å²) in [5, 5.41) is 0. The van der Waals surface area contributed by atoms with Gasteiger partial charge in [-0.05, 0) is 36.2 Å². The molecular weight excluding hydrogens is 212 g/mol. The van der Waals surface area contributed by atoms with Gasteiger partial charge in [0.15, 0.2) is 0 Å². The first kappa shape index (κ1) is 11.4. The van der Waals surface area contributed by atoms with Crippen LogP contribution in [0.5, 0.6) is 5.75 Å². The van der Waals surface area contributed by atoms with Gasteiger partial charge in [-0.3, -0.25) is 4.79 Å². The van der Waals surface area contributed by atoms with Crippen LogP contribution in [0.4, 0.5) is 0 Å². The summed E-state index contributed by atoms with van der Waals surface area (Å²) >= 11 is 0. The Balaban J connectivity index is 2.64. The Morgan fingerprint density at radius 1 is 1.06 bits per heavy atom. The highest BCUT2D eigenvalue weighted by Gasteiger charge is 2.08. The van der Waals surface area contributed by atoms with Gasteiger partial charge in [-0.2, -0.15) is 0 Å². The third kappa shape index (κ3) is 2.21. The molecule has 0 heterocycles. The molecule has 2 nitrogen and oxygen atoms in total. The lowest BCUT2D eigenvalue weighted by Gasteiger charge is -2.11. The van der Waals surface area contributed by atoms with Crippen LogP contribution in [0.3, 0.4) is 0 Å². The third-order valence-corrected chi connectivity index (χ3v) is 2.79. The van der Waals surface area contributed by atoms with Crippen molar-refractivity contribution in [3.05, 3.63) is 53.6 Å². The van der Waals surface area contributed by atoms with E-state index in [0.717, 1.165) is 28.7 Å². The second-order valence-electron chi connectivity index (χ2n) is 3.89. The molecule has 0 aliphatic carbocycles. The van der Waals surface area contributed by atoms with Crippen molar-refractivity contribution >= 4 is 6.29 Å². The molecule has 0 aliphatic heterocycles. The summed E-state index contributed by atoms with van der Waals surface area (Å²) in [5.41, 5.74) is 3.86. The molecule has 0 aliphatic rings. The van der Waals surface area contributed by atoms with Gasteiger partial charge >= 0.3 is 0 Å². The minimum absolute atomic E-state index is 0.657. The van der Waals surface area contributed by atoms with Crippen molar-refractivity contribution in [1.82, 2.24) is 0 Å². The van der Waals surface area contributed by atoms with Crippen LogP contribution in [0, 0.1) is 6.92 Å². The summed E-state index contributed by atoms with van der Waals surface area (Å²) < 4.78 is 5.34. The number of methoxy groups -OCH3 is 1. The molecule has 2 rings (SSSR count). The smallest absolute Gasteiger partial charge is 0.150 e. The van der Waals surface area contributed by atoms with E-state index >= 15 is 0 Å². The van der Waals surface area contributed by atoms with E-state index < -0.39 is 0 Å². The molecule has 0 saturated carbocycles. The Morgan fingerprint density at radius 2 is 1.82 bits per heavy atom. The zero-order chi connectivity index (χ0) is 12.3. The summed E-state index contributed by atoms with van der Waals surface area (Å²) in [6.45, 7) is 2.04. The third-order valence-electron chi connectivity index (χ3n) is 2.79. The maximum absolute atomic E-state index is 10.8. The highest BCUT2D eigenvalue weighted by Crippen LogP contribution is 2.32. The number of rotatable bonds is 3. The first-order valence-electron chi connectivity index (χ1n) is 5.45. The van der Waals surface area contributed by atoms with E-state index in [0.29, 0.717) is 5.56 Å². The lowest BCUT2D eigenvalue weighted by atomic mass is 9.98. The van der Waals surface area contributed by atoms with Crippen LogP contribution in [0.2, 0.25) is 0 Å². The predicted octanol–water partition coefficient (Wildman–Crippen LogP) is 3.48. The summed E-state index contributed by atoms with van der Waals surface area (Å²) in [5.74, 6) is 0.782. The van der Waals surface area contributed by atoms with Crippen molar-refractivity contribution in [1.29, 1.82) is 0 Å². The van der Waals surface area contributed by atoms with Crippen LogP contribution in [-0.4, -0.2) is 13.4 Å². The summed E-state index contributed by atoms with van der Waals surface area (Å²) in [6.07, 6.45) is 0.848. The molecule has 0 atom stereocenters. The molecule has 86 valence electrons. The van der Waals surface area contributed by atoms with Crippen molar-refractivity contribution in [3.8, 4) is 16.9 Å². The Labute approximate surface area is 101 Å². The molecule has 17 heavy (non-hydrogen) atoms. The summed E-state index contributed by atoms with van der Waals surface area (Å²) in [4.78, 5) is 10.8. The van der Waals surface area contributed by atoms with Gasteiger partial charge in [0.2, 0.25) is 0 Å². The van der Waals surface area contributed by atoms with E-state index in [2.05, 4.69) is 0 Å². The lowest BCUT2D eigenvalue weighted by molar-refractivity contribution is 0.112. The maximum atomic E-state index is 10.8. The molecule has 2 aromatic carbocycles. The number of aryl methyl sites for hydroxylation is 1. The SMILES string of the molecule is COc1ccc(C=O)cc1-c1ccccc1C. The molecule has 0 aromatic heterocycles. The highest BCUT2D eigenvalue weighted by molar-refractivity contribution is 5.82. The Morgan fingerprint density at radius 3 is 2.47 bits per heavy atom. The molecule has 0 spiro atoms. The first-order valence-corrected chi connectivity index (χ1v) is 5.45. The highest BCUT2D eigenvalue weighted by atomic mass is 16.5. The quantitative estimate of drug-likeness (QED) is 0.749. The molecule has 0 unspecified atom stereocenters. The molecule has 0 bridgehead atoms. The van der Waals surface area contributed by atoms with Crippen LogP contribution >= 0.6 is 0 Å². The van der Waals surface area contributed by atoms with Gasteiger partial charge in [-0.25, -0.2) is 0 Å². The van der Waals surface area contributed by atoms with Gasteiger partial charge in [0.1, 0.15) is 12.0 Å². The number of carbonyl (C=O) groups excluding carboxylic acids is 1. The van der Waals surface area contributed by atoms with Gasteiger partial charge < -0.3 is 4.74 Å². The number of carbonyl (C=O) groups is 1. The van der Waals surface area contributed by atoms with Gasteiger partial charge in [0.05, 0.1) is 7.11 Å². The topological polar surface area (TPSA) is 26.3 Å². The second-order valence-corrected chi connectivity index (χ2v) is 3.89. The molecule has 0 saturated heterocycles. The van der Waals surface area contributed by atoms with Crippen molar-refractivity contribution in [3.63, 3.8) is 0 Å². The molecular formula is C15H14O2. The summed E-state index contributed by atoms with van der Waals surface area (Å²) in [7, 11) is 1.64. The minimum Gasteiger partial charge on any atom is -0.496 e.